The van der Waals surface area contributed by atoms with Gasteiger partial charge in [0, 0.05) is 24.8 Å². The third-order valence-electron chi connectivity index (χ3n) is 5.13. The molecule has 2 amide bonds. The quantitative estimate of drug-likeness (QED) is 0.834. The van der Waals surface area contributed by atoms with E-state index in [1.165, 1.54) is 5.06 Å². The Bertz CT molecular complexity index is 841. The highest BCUT2D eigenvalue weighted by Gasteiger charge is 2.32. The summed E-state index contributed by atoms with van der Waals surface area (Å²) >= 11 is 0. The highest BCUT2D eigenvalue weighted by atomic mass is 16.7. The van der Waals surface area contributed by atoms with E-state index in [1.807, 2.05) is 41.9 Å². The molecule has 1 unspecified atom stereocenters. The Kier molecular flexibility index (Phi) is 4.94. The van der Waals surface area contributed by atoms with Crippen molar-refractivity contribution in [2.45, 2.75) is 38.8 Å². The highest BCUT2D eigenvalue weighted by Crippen LogP contribution is 2.25. The largest absolute Gasteiger partial charge is 0.331 e. The number of benzene rings is 1. The summed E-state index contributed by atoms with van der Waals surface area (Å²) in [6.07, 6.45) is 3.94. The van der Waals surface area contributed by atoms with Crippen molar-refractivity contribution in [2.75, 3.05) is 19.7 Å². The average molecular weight is 368 g/mol. The summed E-state index contributed by atoms with van der Waals surface area (Å²) < 4.78 is 1.88. The topological polar surface area (TPSA) is 67.7 Å². The van der Waals surface area contributed by atoms with Gasteiger partial charge in [0.05, 0.1) is 31.3 Å². The number of amides is 2. The lowest BCUT2D eigenvalue weighted by atomic mass is 10.1. The van der Waals surface area contributed by atoms with Crippen molar-refractivity contribution < 1.29 is 14.4 Å². The fourth-order valence-electron chi connectivity index (χ4n) is 3.75. The standard InChI is InChI=1S/C20H24N4O3/c1-15-5-4-6-16(11-15)20(26)22-13-17-7-8-21-24(17)18(14-22)12-19(25)23-9-2-3-10-27-23/h4-8,11,18H,2-3,9-10,12-14H2,1H3. The lowest BCUT2D eigenvalue weighted by Gasteiger charge is -2.35. The van der Waals surface area contributed by atoms with E-state index >= 15 is 0 Å². The Morgan fingerprint density at radius 3 is 2.93 bits per heavy atom. The van der Waals surface area contributed by atoms with Crippen LogP contribution in [0.1, 0.15) is 46.9 Å². The van der Waals surface area contributed by atoms with Gasteiger partial charge >= 0.3 is 0 Å². The minimum atomic E-state index is -0.185. The highest BCUT2D eigenvalue weighted by molar-refractivity contribution is 5.94. The van der Waals surface area contributed by atoms with Gasteiger partial charge in [-0.3, -0.25) is 19.1 Å². The van der Waals surface area contributed by atoms with Crippen LogP contribution in [0.3, 0.4) is 0 Å². The molecule has 0 saturated carbocycles. The number of fused-ring (bicyclic) bond motifs is 1. The van der Waals surface area contributed by atoms with E-state index in [-0.39, 0.29) is 24.3 Å². The van der Waals surface area contributed by atoms with Crippen molar-refractivity contribution in [2.24, 2.45) is 0 Å². The average Bonchev–Trinajstić information content (AvgIpc) is 3.17. The SMILES string of the molecule is Cc1cccc(C(=O)N2Cc3ccnn3C(CC(=O)N3CCCCO3)C2)c1. The third kappa shape index (κ3) is 3.73. The van der Waals surface area contributed by atoms with Crippen molar-refractivity contribution in [1.82, 2.24) is 19.7 Å². The number of hydrogen-bond donors (Lipinski definition) is 0. The molecule has 4 rings (SSSR count). The molecule has 7 heteroatoms. The molecule has 0 N–H and O–H groups in total. The molecule has 0 aliphatic carbocycles. The zero-order valence-corrected chi connectivity index (χ0v) is 15.5. The van der Waals surface area contributed by atoms with E-state index in [2.05, 4.69) is 5.10 Å². The first kappa shape index (κ1) is 17.7. The van der Waals surface area contributed by atoms with Crippen molar-refractivity contribution in [3.8, 4) is 0 Å². The van der Waals surface area contributed by atoms with Gasteiger partial charge in [0.25, 0.3) is 5.91 Å². The molecule has 2 aliphatic rings. The molecule has 1 aromatic heterocycles. The van der Waals surface area contributed by atoms with Crippen molar-refractivity contribution in [3.05, 3.63) is 53.3 Å². The summed E-state index contributed by atoms with van der Waals surface area (Å²) in [5.41, 5.74) is 2.67. The maximum atomic E-state index is 13.0. The number of nitrogens with zero attached hydrogens (tertiary/aromatic N) is 4. The summed E-state index contributed by atoms with van der Waals surface area (Å²) in [5, 5.41) is 5.85. The molecule has 0 radical (unpaired) electrons. The maximum Gasteiger partial charge on any atom is 0.254 e. The van der Waals surface area contributed by atoms with Gasteiger partial charge in [-0.1, -0.05) is 17.7 Å². The first-order valence-corrected chi connectivity index (χ1v) is 9.43. The number of hydroxylamine groups is 2. The van der Waals surface area contributed by atoms with Crippen molar-refractivity contribution in [3.63, 3.8) is 0 Å². The minimum Gasteiger partial charge on any atom is -0.331 e. The van der Waals surface area contributed by atoms with Crippen LogP contribution in [0, 0.1) is 6.92 Å². The summed E-state index contributed by atoms with van der Waals surface area (Å²) in [6, 6.07) is 9.33. The fraction of sp³-hybridized carbons (Fsp3) is 0.450. The van der Waals surface area contributed by atoms with Crippen molar-refractivity contribution in [1.29, 1.82) is 0 Å². The Morgan fingerprint density at radius 1 is 1.26 bits per heavy atom. The molecule has 0 spiro atoms. The number of aromatic nitrogens is 2. The predicted octanol–water partition coefficient (Wildman–Crippen LogP) is 2.33. The van der Waals surface area contributed by atoms with Crippen LogP contribution < -0.4 is 0 Å². The molecule has 1 atom stereocenters. The van der Waals surface area contributed by atoms with E-state index in [1.54, 1.807) is 11.1 Å². The van der Waals surface area contributed by atoms with Crippen LogP contribution in [0.2, 0.25) is 0 Å². The molecular formula is C20H24N4O3. The number of carbonyl (C=O) groups is 2. The van der Waals surface area contributed by atoms with Gasteiger partial charge in [-0.15, -0.1) is 0 Å². The second kappa shape index (κ2) is 7.52. The van der Waals surface area contributed by atoms with Crippen LogP contribution >= 0.6 is 0 Å². The molecule has 2 aliphatic heterocycles. The number of rotatable bonds is 3. The van der Waals surface area contributed by atoms with Crippen LogP contribution in [0.4, 0.5) is 0 Å². The number of aryl methyl sites for hydroxylation is 1. The molecule has 1 saturated heterocycles. The molecule has 27 heavy (non-hydrogen) atoms. The molecule has 2 aromatic rings. The Balaban J connectivity index is 1.52. The van der Waals surface area contributed by atoms with Gasteiger partial charge in [0.1, 0.15) is 0 Å². The van der Waals surface area contributed by atoms with Crippen LogP contribution in [-0.4, -0.2) is 51.3 Å². The third-order valence-corrected chi connectivity index (χ3v) is 5.13. The maximum absolute atomic E-state index is 13.0. The molecular weight excluding hydrogens is 344 g/mol. The predicted molar refractivity (Wildman–Crippen MR) is 98.7 cm³/mol. The van der Waals surface area contributed by atoms with Gasteiger partial charge in [0.2, 0.25) is 5.91 Å². The van der Waals surface area contributed by atoms with Gasteiger partial charge in [0.15, 0.2) is 0 Å². The molecule has 142 valence electrons. The lowest BCUT2D eigenvalue weighted by molar-refractivity contribution is -0.198. The first-order valence-electron chi connectivity index (χ1n) is 9.43. The monoisotopic (exact) mass is 368 g/mol. The van der Waals surface area contributed by atoms with Crippen LogP contribution in [0.15, 0.2) is 36.5 Å². The smallest absolute Gasteiger partial charge is 0.254 e. The van der Waals surface area contributed by atoms with Crippen LogP contribution in [0.25, 0.3) is 0 Å². The van der Waals surface area contributed by atoms with E-state index in [0.29, 0.717) is 31.8 Å². The lowest BCUT2D eigenvalue weighted by Crippen LogP contribution is -2.44. The normalized spacial score (nSPS) is 19.7. The van der Waals surface area contributed by atoms with Crippen LogP contribution in [0.5, 0.6) is 0 Å². The van der Waals surface area contributed by atoms with Crippen molar-refractivity contribution >= 4 is 11.8 Å². The first-order chi connectivity index (χ1) is 13.1. The summed E-state index contributed by atoms with van der Waals surface area (Å²) in [7, 11) is 0. The molecule has 7 nitrogen and oxygen atoms in total. The van der Waals surface area contributed by atoms with E-state index in [0.717, 1.165) is 24.1 Å². The molecule has 1 aromatic carbocycles. The van der Waals surface area contributed by atoms with Gasteiger partial charge in [-0.05, 0) is 38.0 Å². The van der Waals surface area contributed by atoms with Crippen LogP contribution in [-0.2, 0) is 16.2 Å². The molecule has 3 heterocycles. The summed E-state index contributed by atoms with van der Waals surface area (Å²) in [4.78, 5) is 32.9. The summed E-state index contributed by atoms with van der Waals surface area (Å²) in [5.74, 6) is -0.0659. The Hall–Kier alpha value is -2.67. The molecule has 1 fully saturated rings. The zero-order valence-electron chi connectivity index (χ0n) is 15.5. The number of carbonyl (C=O) groups excluding carboxylic acids is 2. The van der Waals surface area contributed by atoms with E-state index in [9.17, 15) is 9.59 Å². The van der Waals surface area contributed by atoms with Gasteiger partial charge in [-0.2, -0.15) is 5.10 Å². The Morgan fingerprint density at radius 2 is 2.15 bits per heavy atom. The van der Waals surface area contributed by atoms with E-state index in [4.69, 9.17) is 4.84 Å². The van der Waals surface area contributed by atoms with E-state index < -0.39 is 0 Å². The van der Waals surface area contributed by atoms with Gasteiger partial charge in [-0.25, -0.2) is 5.06 Å². The minimum absolute atomic E-state index is 0.0159. The second-order valence-electron chi connectivity index (χ2n) is 7.22. The Labute approximate surface area is 158 Å². The number of hydrogen-bond acceptors (Lipinski definition) is 4. The van der Waals surface area contributed by atoms with Gasteiger partial charge < -0.3 is 4.90 Å². The zero-order chi connectivity index (χ0) is 18.8. The fourth-order valence-corrected chi connectivity index (χ4v) is 3.75. The molecule has 0 bridgehead atoms. The summed E-state index contributed by atoms with van der Waals surface area (Å²) in [6.45, 7) is 4.14. The second-order valence-corrected chi connectivity index (χ2v) is 7.22.